The maximum absolute atomic E-state index is 11.9. The highest BCUT2D eigenvalue weighted by atomic mass is 16.1. The maximum atomic E-state index is 11.9. The number of pyridine rings is 1. The van der Waals surface area contributed by atoms with Gasteiger partial charge in [-0.2, -0.15) is 10.4 Å². The Balaban J connectivity index is 2.31. The first-order chi connectivity index (χ1) is 10.3. The third-order valence-corrected chi connectivity index (χ3v) is 2.77. The minimum atomic E-state index is -0.373. The van der Waals surface area contributed by atoms with Crippen molar-refractivity contribution >= 4 is 12.0 Å². The van der Waals surface area contributed by atoms with Gasteiger partial charge in [0.2, 0.25) is 0 Å². The van der Waals surface area contributed by atoms with Gasteiger partial charge in [0.05, 0.1) is 17.6 Å². The fraction of sp³-hybridized carbons (Fsp3) is 0.200. The number of rotatable bonds is 5. The molecule has 0 atom stereocenters. The van der Waals surface area contributed by atoms with Crippen LogP contribution in [0.5, 0.6) is 0 Å². The number of hydrogen-bond donors (Lipinski definition) is 1. The predicted octanol–water partition coefficient (Wildman–Crippen LogP) is 1.70. The van der Waals surface area contributed by atoms with Gasteiger partial charge >= 0.3 is 0 Å². The molecule has 106 valence electrons. The van der Waals surface area contributed by atoms with Gasteiger partial charge in [-0.3, -0.25) is 9.78 Å². The number of hydrogen-bond acceptors (Lipinski definition) is 4. The number of aromatic nitrogens is 3. The highest BCUT2D eigenvalue weighted by Crippen LogP contribution is 2.12. The number of nitrogens with one attached hydrogen (secondary N) is 1. The summed E-state index contributed by atoms with van der Waals surface area (Å²) in [5.74, 6) is -0.373. The molecule has 0 unspecified atom stereocenters. The summed E-state index contributed by atoms with van der Waals surface area (Å²) in [6.07, 6.45) is 7.27. The molecule has 0 aromatic carbocycles. The number of nitrogens with zero attached hydrogens (tertiary/aromatic N) is 4. The van der Waals surface area contributed by atoms with Gasteiger partial charge in [-0.1, -0.05) is 6.92 Å². The number of carbonyl (C=O) groups is 1. The second-order valence-electron chi connectivity index (χ2n) is 4.30. The molecule has 6 heteroatoms. The molecule has 0 aliphatic heterocycles. The van der Waals surface area contributed by atoms with Gasteiger partial charge in [0.15, 0.2) is 0 Å². The zero-order chi connectivity index (χ0) is 15.1. The second-order valence-corrected chi connectivity index (χ2v) is 4.30. The first kappa shape index (κ1) is 14.5. The van der Waals surface area contributed by atoms with Crippen LogP contribution in [-0.2, 0) is 4.79 Å². The van der Waals surface area contributed by atoms with E-state index in [-0.39, 0.29) is 11.5 Å². The van der Waals surface area contributed by atoms with Crippen LogP contribution in [0.25, 0.3) is 11.8 Å². The Morgan fingerprint density at radius 3 is 2.81 bits per heavy atom. The molecule has 21 heavy (non-hydrogen) atoms. The zero-order valence-corrected chi connectivity index (χ0v) is 11.7. The molecule has 0 saturated heterocycles. The molecule has 2 rings (SSSR count). The van der Waals surface area contributed by atoms with Gasteiger partial charge < -0.3 is 5.32 Å². The van der Waals surface area contributed by atoms with Crippen molar-refractivity contribution in [3.8, 4) is 11.8 Å². The highest BCUT2D eigenvalue weighted by molar-refractivity contribution is 6.01. The van der Waals surface area contributed by atoms with Crippen molar-refractivity contribution in [1.82, 2.24) is 20.1 Å². The van der Waals surface area contributed by atoms with Crippen molar-refractivity contribution in [2.24, 2.45) is 0 Å². The summed E-state index contributed by atoms with van der Waals surface area (Å²) in [6.45, 7) is 2.50. The van der Waals surface area contributed by atoms with Crippen LogP contribution >= 0.6 is 0 Å². The van der Waals surface area contributed by atoms with Crippen LogP contribution in [0.4, 0.5) is 0 Å². The molecule has 6 nitrogen and oxygen atoms in total. The predicted molar refractivity (Wildman–Crippen MR) is 78.2 cm³/mol. The first-order valence-corrected chi connectivity index (χ1v) is 6.60. The summed E-state index contributed by atoms with van der Waals surface area (Å²) < 4.78 is 1.64. The van der Waals surface area contributed by atoms with Crippen LogP contribution in [0, 0.1) is 11.3 Å². The smallest absolute Gasteiger partial charge is 0.262 e. The van der Waals surface area contributed by atoms with Crippen molar-refractivity contribution in [2.75, 3.05) is 6.54 Å². The third-order valence-electron chi connectivity index (χ3n) is 2.77. The van der Waals surface area contributed by atoms with E-state index >= 15 is 0 Å². The molecule has 0 aliphatic rings. The summed E-state index contributed by atoms with van der Waals surface area (Å²) >= 11 is 0. The molecule has 1 N–H and O–H groups in total. The van der Waals surface area contributed by atoms with Gasteiger partial charge in [-0.05, 0) is 30.7 Å². The Kier molecular flexibility index (Phi) is 4.83. The highest BCUT2D eigenvalue weighted by Gasteiger charge is 2.10. The monoisotopic (exact) mass is 281 g/mol. The topological polar surface area (TPSA) is 83.6 Å². The number of amides is 1. The molecular formula is C15H15N5O. The standard InChI is InChI=1S/C15H15N5O/c1-2-6-18-15(21)12(11-16)10-14-5-9-19-20(14)13-3-7-17-8-4-13/h3-5,7-10H,2,6H2,1H3,(H,18,21)/b12-10+. The normalized spacial score (nSPS) is 11.0. The molecule has 0 aliphatic carbocycles. The van der Waals surface area contributed by atoms with Crippen LogP contribution in [0.1, 0.15) is 19.0 Å². The molecule has 2 aromatic heterocycles. The second kappa shape index (κ2) is 7.01. The van der Waals surface area contributed by atoms with E-state index in [1.165, 1.54) is 6.08 Å². The van der Waals surface area contributed by atoms with E-state index in [2.05, 4.69) is 15.4 Å². The fourth-order valence-electron chi connectivity index (χ4n) is 1.75. The van der Waals surface area contributed by atoms with E-state index in [0.29, 0.717) is 12.2 Å². The van der Waals surface area contributed by atoms with E-state index in [4.69, 9.17) is 5.26 Å². The lowest BCUT2D eigenvalue weighted by Crippen LogP contribution is -2.25. The Labute approximate surface area is 122 Å². The Morgan fingerprint density at radius 1 is 1.38 bits per heavy atom. The molecule has 2 aromatic rings. The lowest BCUT2D eigenvalue weighted by atomic mass is 10.2. The largest absolute Gasteiger partial charge is 0.351 e. The van der Waals surface area contributed by atoms with E-state index < -0.39 is 0 Å². The van der Waals surface area contributed by atoms with Gasteiger partial charge in [0, 0.05) is 18.9 Å². The Bertz CT molecular complexity index is 682. The number of carbonyl (C=O) groups excluding carboxylic acids is 1. The maximum Gasteiger partial charge on any atom is 0.262 e. The third kappa shape index (κ3) is 3.54. The quantitative estimate of drug-likeness (QED) is 0.668. The number of nitriles is 1. The van der Waals surface area contributed by atoms with Crippen LogP contribution in [0.15, 0.2) is 42.4 Å². The summed E-state index contributed by atoms with van der Waals surface area (Å²) in [5.41, 5.74) is 1.52. The summed E-state index contributed by atoms with van der Waals surface area (Å²) in [5, 5.41) is 16.0. The average molecular weight is 281 g/mol. The van der Waals surface area contributed by atoms with Crippen molar-refractivity contribution < 1.29 is 4.79 Å². The molecule has 1 amide bonds. The van der Waals surface area contributed by atoms with E-state index in [1.54, 1.807) is 41.5 Å². The van der Waals surface area contributed by atoms with Crippen LogP contribution in [0.2, 0.25) is 0 Å². The molecule has 2 heterocycles. The fourth-order valence-corrected chi connectivity index (χ4v) is 1.75. The van der Waals surface area contributed by atoms with Gasteiger partial charge in [-0.15, -0.1) is 0 Å². The molecule has 0 spiro atoms. The average Bonchev–Trinajstić information content (AvgIpc) is 2.99. The SMILES string of the molecule is CCCNC(=O)/C(C#N)=C/c1ccnn1-c1ccncc1. The summed E-state index contributed by atoms with van der Waals surface area (Å²) in [4.78, 5) is 15.8. The van der Waals surface area contributed by atoms with Crippen molar-refractivity contribution in [3.05, 3.63) is 48.1 Å². The lowest BCUT2D eigenvalue weighted by molar-refractivity contribution is -0.117. The van der Waals surface area contributed by atoms with E-state index in [0.717, 1.165) is 12.1 Å². The van der Waals surface area contributed by atoms with Crippen molar-refractivity contribution in [3.63, 3.8) is 0 Å². The molecular weight excluding hydrogens is 266 g/mol. The van der Waals surface area contributed by atoms with Crippen LogP contribution < -0.4 is 5.32 Å². The van der Waals surface area contributed by atoms with Gasteiger partial charge in [0.1, 0.15) is 11.6 Å². The van der Waals surface area contributed by atoms with Gasteiger partial charge in [0.25, 0.3) is 5.91 Å². The Hall–Kier alpha value is -2.94. The molecule has 0 fully saturated rings. The van der Waals surface area contributed by atoms with Crippen LogP contribution in [-0.4, -0.2) is 27.2 Å². The van der Waals surface area contributed by atoms with Crippen molar-refractivity contribution in [1.29, 1.82) is 5.26 Å². The molecule has 0 radical (unpaired) electrons. The van der Waals surface area contributed by atoms with Gasteiger partial charge in [-0.25, -0.2) is 4.68 Å². The summed E-state index contributed by atoms with van der Waals surface area (Å²) in [6, 6.07) is 7.26. The van der Waals surface area contributed by atoms with Crippen molar-refractivity contribution in [2.45, 2.75) is 13.3 Å². The minimum Gasteiger partial charge on any atom is -0.351 e. The molecule has 0 bridgehead atoms. The Morgan fingerprint density at radius 2 is 2.14 bits per heavy atom. The minimum absolute atomic E-state index is 0.0549. The first-order valence-electron chi connectivity index (χ1n) is 6.60. The molecule has 0 saturated carbocycles. The lowest BCUT2D eigenvalue weighted by Gasteiger charge is -2.05. The van der Waals surface area contributed by atoms with E-state index in [1.807, 2.05) is 13.0 Å². The summed E-state index contributed by atoms with van der Waals surface area (Å²) in [7, 11) is 0. The zero-order valence-electron chi connectivity index (χ0n) is 11.7. The van der Waals surface area contributed by atoms with E-state index in [9.17, 15) is 4.79 Å². The van der Waals surface area contributed by atoms with Crippen LogP contribution in [0.3, 0.4) is 0 Å².